The Labute approximate surface area is 143 Å². The third kappa shape index (κ3) is 2.75. The maximum atomic E-state index is 12.3. The molecule has 0 spiro atoms. The highest BCUT2D eigenvalue weighted by molar-refractivity contribution is 5.93. The number of piperazine rings is 1. The molecule has 0 atom stereocenters. The van der Waals surface area contributed by atoms with Crippen molar-refractivity contribution in [3.63, 3.8) is 0 Å². The minimum atomic E-state index is -0.0490. The summed E-state index contributed by atoms with van der Waals surface area (Å²) in [6.45, 7) is 2.76. The second-order valence-corrected chi connectivity index (χ2v) is 6.13. The van der Waals surface area contributed by atoms with Gasteiger partial charge < -0.3 is 14.4 Å². The van der Waals surface area contributed by atoms with Crippen molar-refractivity contribution < 1.29 is 4.79 Å². The van der Waals surface area contributed by atoms with Gasteiger partial charge >= 0.3 is 0 Å². The molecule has 0 bridgehead atoms. The molecule has 0 radical (unpaired) electrons. The summed E-state index contributed by atoms with van der Waals surface area (Å²) < 4.78 is 1.47. The average Bonchev–Trinajstić information content (AvgIpc) is 3.19. The van der Waals surface area contributed by atoms with Crippen LogP contribution in [0.3, 0.4) is 0 Å². The summed E-state index contributed by atoms with van der Waals surface area (Å²) in [4.78, 5) is 32.8. The number of aromatic nitrogens is 4. The van der Waals surface area contributed by atoms with E-state index in [0.717, 1.165) is 18.8 Å². The van der Waals surface area contributed by atoms with Crippen molar-refractivity contribution in [3.05, 3.63) is 52.8 Å². The van der Waals surface area contributed by atoms with Crippen molar-refractivity contribution in [3.8, 4) is 0 Å². The molecule has 3 aromatic rings. The highest BCUT2D eigenvalue weighted by Gasteiger charge is 2.23. The van der Waals surface area contributed by atoms with E-state index in [4.69, 9.17) is 0 Å². The van der Waals surface area contributed by atoms with Crippen LogP contribution in [0.1, 0.15) is 10.4 Å². The number of hydrogen-bond acceptors (Lipinski definition) is 5. The number of nitrogens with zero attached hydrogens (tertiary/aromatic N) is 5. The molecule has 1 aliphatic heterocycles. The fraction of sp³-hybridized carbons (Fsp3) is 0.294. The monoisotopic (exact) mass is 338 g/mol. The number of carbonyl (C=O) groups excluding carboxylic acids is 1. The van der Waals surface area contributed by atoms with E-state index in [1.807, 2.05) is 23.1 Å². The first kappa shape index (κ1) is 15.4. The van der Waals surface area contributed by atoms with Gasteiger partial charge in [-0.3, -0.25) is 14.7 Å². The Morgan fingerprint density at radius 2 is 2.00 bits per heavy atom. The van der Waals surface area contributed by atoms with Crippen molar-refractivity contribution in [2.75, 3.05) is 31.1 Å². The van der Waals surface area contributed by atoms with Crippen molar-refractivity contribution in [2.24, 2.45) is 7.05 Å². The second-order valence-electron chi connectivity index (χ2n) is 6.13. The zero-order valence-electron chi connectivity index (χ0n) is 13.8. The van der Waals surface area contributed by atoms with Gasteiger partial charge in [-0.05, 0) is 18.2 Å². The number of rotatable bonds is 2. The van der Waals surface area contributed by atoms with Crippen molar-refractivity contribution in [1.82, 2.24) is 24.6 Å². The Kier molecular flexibility index (Phi) is 3.72. The molecule has 1 saturated heterocycles. The number of hydrogen-bond donors (Lipinski definition) is 1. The number of H-pyrrole nitrogens is 1. The third-order valence-electron chi connectivity index (χ3n) is 4.58. The topological polar surface area (TPSA) is 87.1 Å². The molecule has 4 rings (SSSR count). The summed E-state index contributed by atoms with van der Waals surface area (Å²) in [5.41, 5.74) is 2.24. The summed E-state index contributed by atoms with van der Waals surface area (Å²) >= 11 is 0. The highest BCUT2D eigenvalue weighted by atomic mass is 16.2. The molecule has 1 aromatic carbocycles. The Balaban J connectivity index is 1.51. The van der Waals surface area contributed by atoms with Crippen LogP contribution in [0, 0.1) is 0 Å². The molecular formula is C17H18N6O2. The van der Waals surface area contributed by atoms with Gasteiger partial charge in [-0.25, -0.2) is 4.98 Å². The van der Waals surface area contributed by atoms with E-state index in [9.17, 15) is 9.59 Å². The largest absolute Gasteiger partial charge is 0.368 e. The quantitative estimate of drug-likeness (QED) is 0.740. The normalized spacial score (nSPS) is 14.9. The predicted octanol–water partition coefficient (Wildman–Crippen LogP) is 0.619. The number of anilines is 1. The lowest BCUT2D eigenvalue weighted by Gasteiger charge is -2.36. The van der Waals surface area contributed by atoms with Gasteiger partial charge in [0.1, 0.15) is 0 Å². The molecule has 1 fully saturated rings. The first-order valence-corrected chi connectivity index (χ1v) is 8.12. The molecule has 1 amide bonds. The van der Waals surface area contributed by atoms with Crippen LogP contribution in [0.2, 0.25) is 0 Å². The van der Waals surface area contributed by atoms with E-state index >= 15 is 0 Å². The summed E-state index contributed by atoms with van der Waals surface area (Å²) in [6, 6.07) is 5.70. The molecule has 1 N–H and O–H groups in total. The van der Waals surface area contributed by atoms with Crippen LogP contribution in [-0.4, -0.2) is 56.7 Å². The van der Waals surface area contributed by atoms with Gasteiger partial charge in [-0.15, -0.1) is 0 Å². The molecule has 8 heteroatoms. The van der Waals surface area contributed by atoms with Gasteiger partial charge in [0.2, 0.25) is 0 Å². The molecular weight excluding hydrogens is 320 g/mol. The van der Waals surface area contributed by atoms with E-state index in [1.54, 1.807) is 19.4 Å². The lowest BCUT2D eigenvalue weighted by Crippen LogP contribution is -2.48. The SMILES string of the molecule is Cn1cnc2cc(N3CCN(C(=O)c4cn[nH]c4)CC3)ccc2c1=O. The van der Waals surface area contributed by atoms with Crippen LogP contribution in [0.4, 0.5) is 5.69 Å². The van der Waals surface area contributed by atoms with E-state index in [1.165, 1.54) is 10.9 Å². The summed E-state index contributed by atoms with van der Waals surface area (Å²) in [7, 11) is 1.69. The van der Waals surface area contributed by atoms with E-state index < -0.39 is 0 Å². The first-order chi connectivity index (χ1) is 12.1. The standard InChI is InChI=1S/C17H18N6O2/c1-21-11-18-15-8-13(2-3-14(15)17(21)25)22-4-6-23(7-5-22)16(24)12-9-19-20-10-12/h2-3,8-11H,4-7H2,1H3,(H,19,20). The van der Waals surface area contributed by atoms with Crippen LogP contribution >= 0.6 is 0 Å². The van der Waals surface area contributed by atoms with Gasteiger partial charge in [0.05, 0.1) is 29.0 Å². The third-order valence-corrected chi connectivity index (χ3v) is 4.58. The van der Waals surface area contributed by atoms with Gasteiger partial charge in [-0.2, -0.15) is 5.10 Å². The zero-order valence-corrected chi connectivity index (χ0v) is 13.8. The maximum Gasteiger partial charge on any atom is 0.260 e. The first-order valence-electron chi connectivity index (χ1n) is 8.12. The van der Waals surface area contributed by atoms with Gasteiger partial charge in [0.15, 0.2) is 0 Å². The van der Waals surface area contributed by atoms with Crippen LogP contribution in [0.15, 0.2) is 41.7 Å². The number of aromatic amines is 1. The lowest BCUT2D eigenvalue weighted by atomic mass is 10.2. The fourth-order valence-electron chi connectivity index (χ4n) is 3.11. The number of fused-ring (bicyclic) bond motifs is 1. The molecule has 128 valence electrons. The van der Waals surface area contributed by atoms with Crippen LogP contribution < -0.4 is 10.5 Å². The Morgan fingerprint density at radius 1 is 1.20 bits per heavy atom. The average molecular weight is 338 g/mol. The Bertz CT molecular complexity index is 970. The van der Waals surface area contributed by atoms with E-state index in [0.29, 0.717) is 29.6 Å². The highest BCUT2D eigenvalue weighted by Crippen LogP contribution is 2.20. The van der Waals surface area contributed by atoms with Crippen molar-refractivity contribution in [2.45, 2.75) is 0 Å². The summed E-state index contributed by atoms with van der Waals surface area (Å²) in [6.07, 6.45) is 4.70. The molecule has 8 nitrogen and oxygen atoms in total. The maximum absolute atomic E-state index is 12.3. The molecule has 0 saturated carbocycles. The molecule has 0 aliphatic carbocycles. The van der Waals surface area contributed by atoms with Crippen molar-refractivity contribution in [1.29, 1.82) is 0 Å². The number of aryl methyl sites for hydroxylation is 1. The number of carbonyl (C=O) groups is 1. The molecule has 2 aromatic heterocycles. The lowest BCUT2D eigenvalue weighted by molar-refractivity contribution is 0.0747. The zero-order chi connectivity index (χ0) is 17.4. The molecule has 1 aliphatic rings. The molecule has 0 unspecified atom stereocenters. The fourth-order valence-corrected chi connectivity index (χ4v) is 3.11. The molecule has 3 heterocycles. The smallest absolute Gasteiger partial charge is 0.260 e. The molecule has 25 heavy (non-hydrogen) atoms. The van der Waals surface area contributed by atoms with Gasteiger partial charge in [0, 0.05) is 45.1 Å². The summed E-state index contributed by atoms with van der Waals surface area (Å²) in [5, 5.41) is 7.11. The van der Waals surface area contributed by atoms with Gasteiger partial charge in [-0.1, -0.05) is 0 Å². The predicted molar refractivity (Wildman–Crippen MR) is 93.7 cm³/mol. The van der Waals surface area contributed by atoms with Crippen LogP contribution in [0.25, 0.3) is 10.9 Å². The van der Waals surface area contributed by atoms with Crippen LogP contribution in [-0.2, 0) is 7.05 Å². The second kappa shape index (κ2) is 6.04. The van der Waals surface area contributed by atoms with Crippen molar-refractivity contribution >= 4 is 22.5 Å². The van der Waals surface area contributed by atoms with Gasteiger partial charge in [0.25, 0.3) is 11.5 Å². The minimum absolute atomic E-state index is 0.00271. The minimum Gasteiger partial charge on any atom is -0.368 e. The number of nitrogens with one attached hydrogen (secondary N) is 1. The Hall–Kier alpha value is -3.16. The van der Waals surface area contributed by atoms with E-state index in [2.05, 4.69) is 20.1 Å². The van der Waals surface area contributed by atoms with Crippen LogP contribution in [0.5, 0.6) is 0 Å². The number of benzene rings is 1. The summed E-state index contributed by atoms with van der Waals surface area (Å²) in [5.74, 6) is -0.00271. The van der Waals surface area contributed by atoms with E-state index in [-0.39, 0.29) is 11.5 Å². The number of amides is 1. The Morgan fingerprint density at radius 3 is 2.72 bits per heavy atom.